The zero-order valence-corrected chi connectivity index (χ0v) is 6.26. The first kappa shape index (κ1) is 7.69. The van der Waals surface area contributed by atoms with Crippen molar-refractivity contribution in [1.82, 2.24) is 0 Å². The highest BCUT2D eigenvalue weighted by Gasteiger charge is 2.36. The summed E-state index contributed by atoms with van der Waals surface area (Å²) >= 11 is 0. The second-order valence-electron chi connectivity index (χ2n) is 3.11. The van der Waals surface area contributed by atoms with Gasteiger partial charge < -0.3 is 9.84 Å². The van der Waals surface area contributed by atoms with Crippen molar-refractivity contribution in [3.8, 4) is 0 Å². The molecule has 0 spiro atoms. The summed E-state index contributed by atoms with van der Waals surface area (Å²) in [7, 11) is 0. The van der Waals surface area contributed by atoms with E-state index in [0.29, 0.717) is 6.42 Å². The summed E-state index contributed by atoms with van der Waals surface area (Å²) in [5, 5.41) is 9.34. The van der Waals surface area contributed by atoms with E-state index in [1.807, 2.05) is 0 Å². The highest BCUT2D eigenvalue weighted by atomic mass is 16.5. The van der Waals surface area contributed by atoms with E-state index in [4.69, 9.17) is 4.74 Å². The minimum absolute atomic E-state index is 0.00206. The van der Waals surface area contributed by atoms with Crippen LogP contribution in [-0.2, 0) is 9.53 Å². The van der Waals surface area contributed by atoms with Crippen LogP contribution in [0.25, 0.3) is 0 Å². The molecule has 1 N–H and O–H groups in total. The molecule has 1 rings (SSSR count). The highest BCUT2D eigenvalue weighted by Crippen LogP contribution is 2.23. The molecule has 0 aromatic heterocycles. The van der Waals surface area contributed by atoms with Gasteiger partial charge in [-0.25, -0.2) is 0 Å². The fourth-order valence-corrected chi connectivity index (χ4v) is 1.06. The molecule has 0 aliphatic carbocycles. The minimum Gasteiger partial charge on any atom is -0.388 e. The van der Waals surface area contributed by atoms with E-state index in [1.165, 1.54) is 6.92 Å². The van der Waals surface area contributed by atoms with E-state index in [1.54, 1.807) is 6.92 Å². The molecular weight excluding hydrogens is 132 g/mol. The van der Waals surface area contributed by atoms with Crippen LogP contribution in [0.4, 0.5) is 0 Å². The quantitative estimate of drug-likeness (QED) is 0.568. The Morgan fingerprint density at radius 2 is 2.40 bits per heavy atom. The van der Waals surface area contributed by atoms with E-state index in [9.17, 15) is 9.90 Å². The van der Waals surface area contributed by atoms with Crippen LogP contribution in [0, 0.1) is 0 Å². The van der Waals surface area contributed by atoms with Crippen LogP contribution < -0.4 is 0 Å². The van der Waals surface area contributed by atoms with Gasteiger partial charge in [-0.15, -0.1) is 0 Å². The molecule has 0 aromatic carbocycles. The van der Waals surface area contributed by atoms with Gasteiger partial charge >= 0.3 is 0 Å². The predicted octanol–water partition coefficient (Wildman–Crippen LogP) is 0.115. The van der Waals surface area contributed by atoms with E-state index < -0.39 is 5.60 Å². The molecule has 58 valence electrons. The molecule has 1 aliphatic heterocycles. The fourth-order valence-electron chi connectivity index (χ4n) is 1.06. The number of rotatable bonds is 1. The molecule has 3 nitrogen and oxygen atoms in total. The predicted molar refractivity (Wildman–Crippen MR) is 35.7 cm³/mol. The molecule has 1 heterocycles. The number of hydrogen-bond acceptors (Lipinski definition) is 3. The number of aliphatic hydroxyl groups is 1. The van der Waals surface area contributed by atoms with Gasteiger partial charge in [0.05, 0.1) is 12.2 Å². The van der Waals surface area contributed by atoms with Crippen molar-refractivity contribution in [3.05, 3.63) is 0 Å². The first-order valence-electron chi connectivity index (χ1n) is 3.36. The van der Waals surface area contributed by atoms with Crippen LogP contribution in [0.2, 0.25) is 0 Å². The average Bonchev–Trinajstić information content (AvgIpc) is 2.10. The lowest BCUT2D eigenvalue weighted by molar-refractivity contribution is -0.125. The van der Waals surface area contributed by atoms with Gasteiger partial charge in [-0.3, -0.25) is 4.79 Å². The molecule has 1 saturated heterocycles. The Labute approximate surface area is 60.0 Å². The van der Waals surface area contributed by atoms with Crippen LogP contribution in [0.5, 0.6) is 0 Å². The first-order valence-corrected chi connectivity index (χ1v) is 3.36. The molecule has 0 aromatic rings. The molecule has 2 atom stereocenters. The zero-order valence-electron chi connectivity index (χ0n) is 6.26. The molecule has 1 fully saturated rings. The Balaban J connectivity index is 2.51. The summed E-state index contributed by atoms with van der Waals surface area (Å²) in [5.74, 6) is -0.00206. The van der Waals surface area contributed by atoms with E-state index in [2.05, 4.69) is 0 Å². The summed E-state index contributed by atoms with van der Waals surface area (Å²) in [4.78, 5) is 10.7. The Bertz CT molecular complexity index is 151. The van der Waals surface area contributed by atoms with E-state index >= 15 is 0 Å². The summed E-state index contributed by atoms with van der Waals surface area (Å²) in [6.45, 7) is 3.43. The highest BCUT2D eigenvalue weighted by molar-refractivity contribution is 5.80. The number of hydrogen-bond donors (Lipinski definition) is 1. The molecule has 0 amide bonds. The summed E-state index contributed by atoms with van der Waals surface area (Å²) in [6, 6.07) is 0. The van der Waals surface area contributed by atoms with Gasteiger partial charge in [0.2, 0.25) is 0 Å². The molecule has 1 aliphatic rings. The third-order valence-corrected chi connectivity index (χ3v) is 1.67. The van der Waals surface area contributed by atoms with Crippen molar-refractivity contribution >= 4 is 5.78 Å². The average molecular weight is 144 g/mol. The van der Waals surface area contributed by atoms with Gasteiger partial charge in [0.25, 0.3) is 0 Å². The third-order valence-electron chi connectivity index (χ3n) is 1.67. The van der Waals surface area contributed by atoms with Gasteiger partial charge in [0.15, 0.2) is 5.78 Å². The van der Waals surface area contributed by atoms with Gasteiger partial charge in [-0.2, -0.15) is 0 Å². The van der Waals surface area contributed by atoms with Crippen LogP contribution in [0.3, 0.4) is 0 Å². The monoisotopic (exact) mass is 144 g/mol. The SMILES string of the molecule is CC(=O)[C@@H]1C[C@](C)(O)CO1. The normalized spacial score (nSPS) is 40.1. The molecule has 10 heavy (non-hydrogen) atoms. The number of ether oxygens (including phenoxy) is 1. The molecule has 3 heteroatoms. The second-order valence-corrected chi connectivity index (χ2v) is 3.11. The largest absolute Gasteiger partial charge is 0.388 e. The maximum Gasteiger partial charge on any atom is 0.158 e. The van der Waals surface area contributed by atoms with Gasteiger partial charge in [0.1, 0.15) is 6.10 Å². The summed E-state index contributed by atoms with van der Waals surface area (Å²) < 4.78 is 5.03. The van der Waals surface area contributed by atoms with E-state index in [0.717, 1.165) is 0 Å². The Hall–Kier alpha value is -0.410. The third kappa shape index (κ3) is 1.55. The smallest absolute Gasteiger partial charge is 0.158 e. The lowest BCUT2D eigenvalue weighted by Gasteiger charge is -2.11. The number of Topliss-reactive ketones (excluding diaryl/α,β-unsaturated/α-hetero) is 1. The number of carbonyl (C=O) groups excluding carboxylic acids is 1. The van der Waals surface area contributed by atoms with Gasteiger partial charge in [0, 0.05) is 6.42 Å². The van der Waals surface area contributed by atoms with Crippen LogP contribution in [0.1, 0.15) is 20.3 Å². The Morgan fingerprint density at radius 1 is 1.80 bits per heavy atom. The summed E-state index contributed by atoms with van der Waals surface area (Å²) in [6.07, 6.45) is 0.0532. The van der Waals surface area contributed by atoms with E-state index in [-0.39, 0.29) is 18.5 Å². The van der Waals surface area contributed by atoms with Crippen molar-refractivity contribution in [2.75, 3.05) is 6.61 Å². The van der Waals surface area contributed by atoms with Gasteiger partial charge in [-0.05, 0) is 13.8 Å². The van der Waals surface area contributed by atoms with Crippen molar-refractivity contribution in [2.24, 2.45) is 0 Å². The molecule has 0 saturated carbocycles. The van der Waals surface area contributed by atoms with Crippen molar-refractivity contribution in [1.29, 1.82) is 0 Å². The molecule has 0 bridgehead atoms. The summed E-state index contributed by atoms with van der Waals surface area (Å²) in [5.41, 5.74) is -0.795. The van der Waals surface area contributed by atoms with Crippen molar-refractivity contribution in [3.63, 3.8) is 0 Å². The maximum absolute atomic E-state index is 10.7. The van der Waals surface area contributed by atoms with Gasteiger partial charge in [-0.1, -0.05) is 0 Å². The second kappa shape index (κ2) is 2.32. The number of carbonyl (C=O) groups is 1. The van der Waals surface area contributed by atoms with Crippen LogP contribution >= 0.6 is 0 Å². The lowest BCUT2D eigenvalue weighted by atomic mass is 10.0. The lowest BCUT2D eigenvalue weighted by Crippen LogP contribution is -2.24. The molecule has 0 radical (unpaired) electrons. The fraction of sp³-hybridized carbons (Fsp3) is 0.857. The first-order chi connectivity index (χ1) is 4.51. The van der Waals surface area contributed by atoms with Crippen LogP contribution in [-0.4, -0.2) is 29.2 Å². The minimum atomic E-state index is -0.795. The zero-order chi connectivity index (χ0) is 7.78. The number of ketones is 1. The maximum atomic E-state index is 10.7. The van der Waals surface area contributed by atoms with Crippen LogP contribution in [0.15, 0.2) is 0 Å². The van der Waals surface area contributed by atoms with Crippen molar-refractivity contribution < 1.29 is 14.6 Å². The van der Waals surface area contributed by atoms with Crippen molar-refractivity contribution in [2.45, 2.75) is 32.0 Å². The topological polar surface area (TPSA) is 46.5 Å². The standard InChI is InChI=1S/C7H12O3/c1-5(8)6-3-7(2,9)4-10-6/h6,9H,3-4H2,1-2H3/t6-,7-/m0/s1. The molecule has 0 unspecified atom stereocenters. The molecular formula is C7H12O3. The Morgan fingerprint density at radius 3 is 2.60 bits per heavy atom. The Kier molecular flexibility index (Phi) is 1.79.